The van der Waals surface area contributed by atoms with Gasteiger partial charge in [-0.05, 0) is 19.4 Å². The maximum atomic E-state index is 11.2. The molecule has 1 heterocycles. The van der Waals surface area contributed by atoms with Crippen molar-refractivity contribution < 1.29 is 14.8 Å². The van der Waals surface area contributed by atoms with Crippen molar-refractivity contribution in [3.63, 3.8) is 0 Å². The Morgan fingerprint density at radius 1 is 1.36 bits per heavy atom. The van der Waals surface area contributed by atoms with Gasteiger partial charge in [0, 0.05) is 12.3 Å². The Labute approximate surface area is 82.8 Å². The predicted molar refractivity (Wildman–Crippen MR) is 49.3 cm³/mol. The summed E-state index contributed by atoms with van der Waals surface area (Å²) < 4.78 is 0. The first-order valence-corrected chi connectivity index (χ1v) is 4.92. The van der Waals surface area contributed by atoms with Gasteiger partial charge in [0.15, 0.2) is 0 Å². The number of carbonyl (C=O) groups is 2. The zero-order chi connectivity index (χ0) is 10.6. The number of unbranched alkanes of at least 4 members (excludes halogenated alkanes) is 2. The van der Waals surface area contributed by atoms with Gasteiger partial charge >= 0.3 is 0 Å². The summed E-state index contributed by atoms with van der Waals surface area (Å²) in [6.07, 6.45) is 3.62. The number of nitrogens with two attached hydrogens (primary N) is 1. The summed E-state index contributed by atoms with van der Waals surface area (Å²) in [5.74, 6) is -1.26. The molecule has 80 valence electrons. The van der Waals surface area contributed by atoms with Crippen LogP contribution in [0.25, 0.3) is 0 Å². The second-order valence-corrected chi connectivity index (χ2v) is 3.58. The first-order valence-electron chi connectivity index (χ1n) is 4.92. The van der Waals surface area contributed by atoms with E-state index >= 15 is 0 Å². The molecule has 2 amide bonds. The van der Waals surface area contributed by atoms with E-state index < -0.39 is 11.8 Å². The summed E-state index contributed by atoms with van der Waals surface area (Å²) in [5.41, 5.74) is 5.32. The van der Waals surface area contributed by atoms with Crippen LogP contribution in [0.2, 0.25) is 0 Å². The van der Waals surface area contributed by atoms with E-state index in [1.807, 2.05) is 0 Å². The van der Waals surface area contributed by atoms with Crippen molar-refractivity contribution in [3.05, 3.63) is 0 Å². The van der Waals surface area contributed by atoms with E-state index in [9.17, 15) is 9.59 Å². The summed E-state index contributed by atoms with van der Waals surface area (Å²) in [7, 11) is 0. The number of imide groups is 1. The monoisotopic (exact) mass is 200 g/mol. The van der Waals surface area contributed by atoms with Crippen molar-refractivity contribution >= 4 is 11.8 Å². The van der Waals surface area contributed by atoms with Crippen molar-refractivity contribution in [1.82, 2.24) is 5.06 Å². The van der Waals surface area contributed by atoms with Gasteiger partial charge < -0.3 is 5.73 Å². The third kappa shape index (κ3) is 2.52. The highest BCUT2D eigenvalue weighted by molar-refractivity contribution is 6.02. The molecular weight excluding hydrogens is 184 g/mol. The van der Waals surface area contributed by atoms with Crippen LogP contribution in [0.1, 0.15) is 32.1 Å². The van der Waals surface area contributed by atoms with Gasteiger partial charge in [-0.2, -0.15) is 5.06 Å². The van der Waals surface area contributed by atoms with Gasteiger partial charge in [-0.15, -0.1) is 0 Å². The van der Waals surface area contributed by atoms with Crippen LogP contribution < -0.4 is 5.73 Å². The lowest BCUT2D eigenvalue weighted by Crippen LogP contribution is -2.26. The zero-order valence-electron chi connectivity index (χ0n) is 8.11. The molecule has 0 spiro atoms. The molecule has 14 heavy (non-hydrogen) atoms. The molecule has 5 heteroatoms. The van der Waals surface area contributed by atoms with Crippen LogP contribution >= 0.6 is 0 Å². The van der Waals surface area contributed by atoms with Crippen LogP contribution in [-0.4, -0.2) is 28.6 Å². The van der Waals surface area contributed by atoms with Crippen LogP contribution in [0.15, 0.2) is 0 Å². The maximum Gasteiger partial charge on any atom is 0.256 e. The van der Waals surface area contributed by atoms with Crippen LogP contribution in [0.4, 0.5) is 0 Å². The lowest BCUT2D eigenvalue weighted by atomic mass is 10.00. The second-order valence-electron chi connectivity index (χ2n) is 3.58. The van der Waals surface area contributed by atoms with Gasteiger partial charge in [-0.3, -0.25) is 14.8 Å². The normalized spacial score (nSPS) is 22.1. The smallest absolute Gasteiger partial charge is 0.256 e. The Bertz CT molecular complexity index is 230. The lowest BCUT2D eigenvalue weighted by molar-refractivity contribution is -0.172. The van der Waals surface area contributed by atoms with Crippen LogP contribution in [0, 0.1) is 5.92 Å². The van der Waals surface area contributed by atoms with Crippen LogP contribution in [-0.2, 0) is 9.59 Å². The molecule has 1 aliphatic heterocycles. The second kappa shape index (κ2) is 5.07. The molecule has 0 bridgehead atoms. The number of hydroxylamine groups is 2. The highest BCUT2D eigenvalue weighted by Crippen LogP contribution is 2.23. The average Bonchev–Trinajstić information content (AvgIpc) is 2.41. The molecule has 3 N–H and O–H groups in total. The van der Waals surface area contributed by atoms with E-state index in [0.29, 0.717) is 13.0 Å². The van der Waals surface area contributed by atoms with E-state index in [-0.39, 0.29) is 17.4 Å². The van der Waals surface area contributed by atoms with Gasteiger partial charge in [0.1, 0.15) is 0 Å². The molecule has 1 rings (SSSR count). The van der Waals surface area contributed by atoms with E-state index in [1.165, 1.54) is 0 Å². The molecule has 0 aliphatic carbocycles. The molecule has 1 aliphatic rings. The zero-order valence-corrected chi connectivity index (χ0v) is 8.11. The topological polar surface area (TPSA) is 83.6 Å². The minimum Gasteiger partial charge on any atom is -0.330 e. The summed E-state index contributed by atoms with van der Waals surface area (Å²) >= 11 is 0. The standard InChI is InChI=1S/C9H16N2O3/c10-5-3-1-2-4-7-6-8(12)11(14)9(7)13/h7,14H,1-6,10H2. The van der Waals surface area contributed by atoms with E-state index in [2.05, 4.69) is 0 Å². The van der Waals surface area contributed by atoms with Gasteiger partial charge in [0.05, 0.1) is 0 Å². The molecule has 0 aromatic heterocycles. The number of nitrogens with zero attached hydrogens (tertiary/aromatic N) is 1. The Morgan fingerprint density at radius 2 is 2.07 bits per heavy atom. The van der Waals surface area contributed by atoms with E-state index in [0.717, 1.165) is 19.3 Å². The highest BCUT2D eigenvalue weighted by Gasteiger charge is 2.37. The quantitative estimate of drug-likeness (QED) is 0.379. The Morgan fingerprint density at radius 3 is 2.57 bits per heavy atom. The highest BCUT2D eigenvalue weighted by atomic mass is 16.5. The molecule has 1 unspecified atom stereocenters. The SMILES string of the molecule is NCCCCCC1CC(=O)N(O)C1=O. The fourth-order valence-corrected chi connectivity index (χ4v) is 1.62. The fraction of sp³-hybridized carbons (Fsp3) is 0.778. The number of hydrogen-bond acceptors (Lipinski definition) is 4. The number of amides is 2. The van der Waals surface area contributed by atoms with Crippen molar-refractivity contribution in [3.8, 4) is 0 Å². The van der Waals surface area contributed by atoms with Crippen molar-refractivity contribution in [2.75, 3.05) is 6.54 Å². The van der Waals surface area contributed by atoms with Gasteiger partial charge in [-0.1, -0.05) is 12.8 Å². The third-order valence-electron chi connectivity index (χ3n) is 2.47. The minimum absolute atomic E-state index is 0.151. The first kappa shape index (κ1) is 11.1. The Balaban J connectivity index is 2.26. The third-order valence-corrected chi connectivity index (χ3v) is 2.47. The molecular formula is C9H16N2O3. The first-order chi connectivity index (χ1) is 6.66. The molecule has 1 saturated heterocycles. The molecule has 0 aromatic rings. The summed E-state index contributed by atoms with van der Waals surface area (Å²) in [6.45, 7) is 0.656. The Hall–Kier alpha value is -0.940. The van der Waals surface area contributed by atoms with Crippen LogP contribution in [0.5, 0.6) is 0 Å². The molecule has 5 nitrogen and oxygen atoms in total. The molecule has 0 radical (unpaired) electrons. The maximum absolute atomic E-state index is 11.2. The van der Waals surface area contributed by atoms with Gasteiger partial charge in [0.25, 0.3) is 11.8 Å². The summed E-state index contributed by atoms with van der Waals surface area (Å²) in [6, 6.07) is 0. The van der Waals surface area contributed by atoms with Crippen LogP contribution in [0.3, 0.4) is 0 Å². The van der Waals surface area contributed by atoms with Crippen molar-refractivity contribution in [1.29, 1.82) is 0 Å². The van der Waals surface area contributed by atoms with E-state index in [1.54, 1.807) is 0 Å². The number of hydrogen-bond donors (Lipinski definition) is 2. The fourth-order valence-electron chi connectivity index (χ4n) is 1.62. The van der Waals surface area contributed by atoms with Gasteiger partial charge in [0.2, 0.25) is 0 Å². The van der Waals surface area contributed by atoms with E-state index in [4.69, 9.17) is 10.9 Å². The molecule has 1 atom stereocenters. The largest absolute Gasteiger partial charge is 0.330 e. The minimum atomic E-state index is -0.487. The molecule has 0 aromatic carbocycles. The number of rotatable bonds is 5. The van der Waals surface area contributed by atoms with Gasteiger partial charge in [-0.25, -0.2) is 0 Å². The summed E-state index contributed by atoms with van der Waals surface area (Å²) in [4.78, 5) is 22.1. The number of carbonyl (C=O) groups excluding carboxylic acids is 2. The molecule has 0 saturated carbocycles. The molecule has 1 fully saturated rings. The Kier molecular flexibility index (Phi) is 4.03. The lowest BCUT2D eigenvalue weighted by Gasteiger charge is -2.06. The predicted octanol–water partition coefficient (Wildman–Crippen LogP) is 0.270. The van der Waals surface area contributed by atoms with Crippen molar-refractivity contribution in [2.24, 2.45) is 11.7 Å². The average molecular weight is 200 g/mol. The summed E-state index contributed by atoms with van der Waals surface area (Å²) in [5, 5.41) is 9.20. The van der Waals surface area contributed by atoms with Crippen molar-refractivity contribution in [2.45, 2.75) is 32.1 Å².